The van der Waals surface area contributed by atoms with Gasteiger partial charge in [0.15, 0.2) is 10.1 Å². The van der Waals surface area contributed by atoms with Crippen molar-refractivity contribution in [3.05, 3.63) is 65.4 Å². The van der Waals surface area contributed by atoms with Crippen LogP contribution in [-0.2, 0) is 9.59 Å². The van der Waals surface area contributed by atoms with Crippen molar-refractivity contribution in [2.75, 3.05) is 10.6 Å². The van der Waals surface area contributed by atoms with Gasteiger partial charge in [0, 0.05) is 29.0 Å². The number of hydrogen-bond acceptors (Lipinski definition) is 6. The molecule has 1 aromatic carbocycles. The van der Waals surface area contributed by atoms with Gasteiger partial charge in [0.2, 0.25) is 11.8 Å². The molecule has 11 heteroatoms. The van der Waals surface area contributed by atoms with Crippen LogP contribution >= 0.6 is 22.9 Å². The van der Waals surface area contributed by atoms with Crippen LogP contribution in [0.25, 0.3) is 11.0 Å². The van der Waals surface area contributed by atoms with Gasteiger partial charge < -0.3 is 10.6 Å². The lowest BCUT2D eigenvalue weighted by atomic mass is 10.2. The molecular formula is C19H16ClN7O2S. The van der Waals surface area contributed by atoms with Gasteiger partial charge in [-0.25, -0.2) is 14.6 Å². The van der Waals surface area contributed by atoms with Crippen LogP contribution in [0.1, 0.15) is 18.7 Å². The van der Waals surface area contributed by atoms with Crippen LogP contribution in [0.5, 0.6) is 0 Å². The highest BCUT2D eigenvalue weighted by Gasteiger charge is 2.15. The Morgan fingerprint density at radius 3 is 2.63 bits per heavy atom. The normalized spacial score (nSPS) is 12.3. The average molecular weight is 442 g/mol. The van der Waals surface area contributed by atoms with Gasteiger partial charge in [0.05, 0.1) is 5.69 Å². The number of carbonyl (C=O) groups is 2. The third-order valence-corrected chi connectivity index (χ3v) is 5.31. The highest BCUT2D eigenvalue weighted by molar-refractivity contribution is 7.15. The van der Waals surface area contributed by atoms with Crippen LogP contribution in [0.2, 0.25) is 5.15 Å². The van der Waals surface area contributed by atoms with Gasteiger partial charge in [0.1, 0.15) is 18.7 Å². The summed E-state index contributed by atoms with van der Waals surface area (Å²) in [6.07, 6.45) is 7.71. The zero-order chi connectivity index (χ0) is 21.1. The number of hydrogen-bond donors (Lipinski definition) is 2. The molecule has 0 bridgehead atoms. The largest absolute Gasteiger partial charge is 0.324 e. The van der Waals surface area contributed by atoms with Crippen LogP contribution in [0.4, 0.5) is 11.4 Å². The number of nitrogens with zero attached hydrogens (tertiary/aromatic N) is 5. The summed E-state index contributed by atoms with van der Waals surface area (Å²) in [5.74, 6) is -0.537. The van der Waals surface area contributed by atoms with E-state index in [0.29, 0.717) is 22.2 Å². The van der Waals surface area contributed by atoms with E-state index in [1.807, 2.05) is 16.0 Å². The topological polar surface area (TPSA) is 106 Å². The molecule has 1 unspecified atom stereocenters. The molecule has 4 aromatic rings. The zero-order valence-corrected chi connectivity index (χ0v) is 17.3. The van der Waals surface area contributed by atoms with E-state index < -0.39 is 6.04 Å². The third-order valence-electron chi connectivity index (χ3n) is 4.28. The molecule has 0 saturated carbocycles. The summed E-state index contributed by atoms with van der Waals surface area (Å²) in [7, 11) is 0. The molecule has 0 spiro atoms. The molecule has 3 aromatic heterocycles. The van der Waals surface area contributed by atoms with E-state index in [9.17, 15) is 9.59 Å². The van der Waals surface area contributed by atoms with Gasteiger partial charge in [-0.3, -0.25) is 14.0 Å². The molecule has 0 radical (unpaired) electrons. The van der Waals surface area contributed by atoms with Crippen molar-refractivity contribution in [3.8, 4) is 0 Å². The second-order valence-corrected chi connectivity index (χ2v) is 7.52. The Labute approximate surface area is 180 Å². The lowest BCUT2D eigenvalue weighted by Crippen LogP contribution is -2.24. The first-order valence-corrected chi connectivity index (χ1v) is 10.1. The molecule has 0 aliphatic rings. The Hall–Kier alpha value is -3.50. The fourth-order valence-corrected chi connectivity index (χ4v) is 3.69. The Balaban J connectivity index is 1.36. The second-order valence-electron chi connectivity index (χ2n) is 6.28. The molecule has 2 N–H and O–H groups in total. The number of fused-ring (bicyclic) bond motifs is 1. The van der Waals surface area contributed by atoms with Crippen molar-refractivity contribution in [3.63, 3.8) is 0 Å². The summed E-state index contributed by atoms with van der Waals surface area (Å²) >= 11 is 7.58. The summed E-state index contributed by atoms with van der Waals surface area (Å²) in [6.45, 7) is 1.72. The predicted octanol–water partition coefficient (Wildman–Crippen LogP) is 3.49. The molecular weight excluding hydrogens is 426 g/mol. The molecule has 2 amide bonds. The van der Waals surface area contributed by atoms with E-state index in [-0.39, 0.29) is 11.8 Å². The number of carbonyl (C=O) groups excluding carboxylic acids is 2. The number of thiazole rings is 1. The van der Waals surface area contributed by atoms with Crippen LogP contribution in [0.15, 0.2) is 54.6 Å². The number of amides is 2. The van der Waals surface area contributed by atoms with E-state index in [0.717, 1.165) is 4.96 Å². The molecule has 0 fully saturated rings. The standard InChI is InChI=1S/C19H16ClN7O2S/c1-12(27-11-21-10-22-27)18(29)24-14-4-2-13(3-5-14)23-16(28)7-6-15-17(20)25-19-26(15)8-9-30-19/h2-12H,1H3,(H,23,28)(H,24,29)/b7-6+. The van der Waals surface area contributed by atoms with Crippen LogP contribution < -0.4 is 10.6 Å². The van der Waals surface area contributed by atoms with E-state index in [1.54, 1.807) is 37.3 Å². The second kappa shape index (κ2) is 8.47. The van der Waals surface area contributed by atoms with Gasteiger partial charge in [-0.15, -0.1) is 11.3 Å². The van der Waals surface area contributed by atoms with E-state index in [1.165, 1.54) is 34.7 Å². The number of anilines is 2. The fraction of sp³-hybridized carbons (Fsp3) is 0.105. The number of imidazole rings is 1. The predicted molar refractivity (Wildman–Crippen MR) is 116 cm³/mol. The molecule has 0 saturated heterocycles. The zero-order valence-electron chi connectivity index (χ0n) is 15.7. The van der Waals surface area contributed by atoms with E-state index >= 15 is 0 Å². The van der Waals surface area contributed by atoms with Crippen molar-refractivity contribution in [1.82, 2.24) is 24.1 Å². The lowest BCUT2D eigenvalue weighted by Gasteiger charge is -2.12. The van der Waals surface area contributed by atoms with Gasteiger partial charge >= 0.3 is 0 Å². The average Bonchev–Trinajstić information content (AvgIpc) is 3.46. The number of nitrogens with one attached hydrogen (secondary N) is 2. The summed E-state index contributed by atoms with van der Waals surface area (Å²) < 4.78 is 3.28. The van der Waals surface area contributed by atoms with Gasteiger partial charge in [0.25, 0.3) is 0 Å². The smallest absolute Gasteiger partial charge is 0.249 e. The Kier molecular flexibility index (Phi) is 5.59. The maximum Gasteiger partial charge on any atom is 0.249 e. The monoisotopic (exact) mass is 441 g/mol. The Morgan fingerprint density at radius 1 is 1.20 bits per heavy atom. The molecule has 3 heterocycles. The van der Waals surface area contributed by atoms with Crippen LogP contribution in [0.3, 0.4) is 0 Å². The minimum atomic E-state index is -0.498. The summed E-state index contributed by atoms with van der Waals surface area (Å²) in [6, 6.07) is 6.30. The highest BCUT2D eigenvalue weighted by atomic mass is 35.5. The SMILES string of the molecule is CC(C(=O)Nc1ccc(NC(=O)/C=C/c2c(Cl)nc3sccn23)cc1)n1cncn1. The Morgan fingerprint density at radius 2 is 1.93 bits per heavy atom. The van der Waals surface area contributed by atoms with Gasteiger partial charge in [-0.05, 0) is 37.3 Å². The lowest BCUT2D eigenvalue weighted by molar-refractivity contribution is -0.119. The van der Waals surface area contributed by atoms with Crippen molar-refractivity contribution in [1.29, 1.82) is 0 Å². The number of aromatic nitrogens is 5. The van der Waals surface area contributed by atoms with Crippen LogP contribution in [0, 0.1) is 0 Å². The number of benzene rings is 1. The Bertz CT molecular complexity index is 1210. The summed E-state index contributed by atoms with van der Waals surface area (Å²) in [5, 5.41) is 11.7. The van der Waals surface area contributed by atoms with Crippen LogP contribution in [-0.4, -0.2) is 36.0 Å². The molecule has 9 nitrogen and oxygen atoms in total. The first-order valence-electron chi connectivity index (χ1n) is 8.86. The first-order chi connectivity index (χ1) is 14.5. The molecule has 1 atom stereocenters. The van der Waals surface area contributed by atoms with Gasteiger partial charge in [-0.2, -0.15) is 5.10 Å². The maximum absolute atomic E-state index is 12.3. The number of halogens is 1. The molecule has 30 heavy (non-hydrogen) atoms. The maximum atomic E-state index is 12.3. The first kappa shape index (κ1) is 19.8. The van der Waals surface area contributed by atoms with Crippen molar-refractivity contribution >= 4 is 57.2 Å². The molecule has 152 valence electrons. The minimum absolute atomic E-state index is 0.224. The highest BCUT2D eigenvalue weighted by Crippen LogP contribution is 2.22. The van der Waals surface area contributed by atoms with Crippen molar-refractivity contribution in [2.45, 2.75) is 13.0 Å². The molecule has 0 aliphatic carbocycles. The number of rotatable bonds is 6. The molecule has 4 rings (SSSR count). The summed E-state index contributed by atoms with van der Waals surface area (Å²) in [4.78, 5) is 33.3. The van der Waals surface area contributed by atoms with Crippen molar-refractivity contribution in [2.24, 2.45) is 0 Å². The fourth-order valence-electron chi connectivity index (χ4n) is 2.69. The van der Waals surface area contributed by atoms with E-state index in [4.69, 9.17) is 11.6 Å². The van der Waals surface area contributed by atoms with Crippen molar-refractivity contribution < 1.29 is 9.59 Å². The molecule has 0 aliphatic heterocycles. The quantitative estimate of drug-likeness (QED) is 0.445. The summed E-state index contributed by atoms with van der Waals surface area (Å²) in [5.41, 5.74) is 1.83. The third kappa shape index (κ3) is 4.24. The minimum Gasteiger partial charge on any atom is -0.324 e. The van der Waals surface area contributed by atoms with Gasteiger partial charge in [-0.1, -0.05) is 11.6 Å². The van der Waals surface area contributed by atoms with E-state index in [2.05, 4.69) is 25.7 Å².